The molecule has 0 aliphatic rings. The number of rotatable bonds is 5. The minimum Gasteiger partial charge on any atom is -0.355 e. The van der Waals surface area contributed by atoms with Crippen LogP contribution in [-0.2, 0) is 4.79 Å². The van der Waals surface area contributed by atoms with Gasteiger partial charge in [-0.05, 0) is 30.5 Å². The molecular weight excluding hydrogens is 254 g/mol. The van der Waals surface area contributed by atoms with Gasteiger partial charge in [0.25, 0.3) is 5.91 Å². The summed E-state index contributed by atoms with van der Waals surface area (Å²) in [6.45, 7) is 5.74. The molecule has 1 aromatic carbocycles. The van der Waals surface area contributed by atoms with Crippen LogP contribution in [0.4, 0.5) is 5.69 Å². The molecule has 0 bridgehead atoms. The maximum absolute atomic E-state index is 12.1. The number of nitrogens with one attached hydrogen (secondary N) is 2. The molecule has 110 valence electrons. The van der Waals surface area contributed by atoms with Gasteiger partial charge < -0.3 is 16.4 Å². The van der Waals surface area contributed by atoms with Crippen molar-refractivity contribution in [3.05, 3.63) is 29.3 Å². The van der Waals surface area contributed by atoms with Gasteiger partial charge in [-0.1, -0.05) is 26.3 Å². The van der Waals surface area contributed by atoms with Crippen molar-refractivity contribution in [2.45, 2.75) is 33.2 Å². The predicted molar refractivity (Wildman–Crippen MR) is 80.6 cm³/mol. The fourth-order valence-corrected chi connectivity index (χ4v) is 1.88. The molecule has 5 nitrogen and oxygen atoms in total. The van der Waals surface area contributed by atoms with E-state index in [4.69, 9.17) is 5.73 Å². The molecular formula is C15H23N3O2. The molecule has 5 heteroatoms. The minimum absolute atomic E-state index is 0.109. The second-order valence-electron chi connectivity index (χ2n) is 4.96. The van der Waals surface area contributed by atoms with Gasteiger partial charge in [0.15, 0.2) is 0 Å². The monoisotopic (exact) mass is 277 g/mol. The Kier molecular flexibility index (Phi) is 5.70. The summed E-state index contributed by atoms with van der Waals surface area (Å²) in [4.78, 5) is 23.8. The van der Waals surface area contributed by atoms with Gasteiger partial charge in [0, 0.05) is 18.3 Å². The maximum atomic E-state index is 12.1. The van der Waals surface area contributed by atoms with Crippen LogP contribution in [0.25, 0.3) is 0 Å². The van der Waals surface area contributed by atoms with Crippen LogP contribution >= 0.6 is 0 Å². The zero-order chi connectivity index (χ0) is 15.3. The molecule has 0 aliphatic heterocycles. The molecule has 0 radical (unpaired) electrons. The van der Waals surface area contributed by atoms with Gasteiger partial charge in [-0.2, -0.15) is 0 Å². The lowest BCUT2D eigenvalue weighted by Gasteiger charge is -2.19. The molecule has 1 rings (SSSR count). The van der Waals surface area contributed by atoms with Gasteiger partial charge in [-0.3, -0.25) is 9.59 Å². The van der Waals surface area contributed by atoms with Crippen LogP contribution in [-0.4, -0.2) is 24.9 Å². The zero-order valence-corrected chi connectivity index (χ0v) is 12.5. The van der Waals surface area contributed by atoms with E-state index in [2.05, 4.69) is 10.6 Å². The van der Waals surface area contributed by atoms with Crippen molar-refractivity contribution in [2.24, 2.45) is 11.7 Å². The summed E-state index contributed by atoms with van der Waals surface area (Å²) < 4.78 is 0. The van der Waals surface area contributed by atoms with Crippen molar-refractivity contribution in [2.75, 3.05) is 12.4 Å². The third kappa shape index (κ3) is 3.57. The largest absolute Gasteiger partial charge is 0.355 e. The van der Waals surface area contributed by atoms with E-state index in [1.807, 2.05) is 13.8 Å². The summed E-state index contributed by atoms with van der Waals surface area (Å²) in [6, 6.07) is 4.67. The predicted octanol–water partition coefficient (Wildman–Crippen LogP) is 1.67. The Morgan fingerprint density at radius 2 is 2.00 bits per heavy atom. The number of nitrogens with two attached hydrogens (primary N) is 1. The molecule has 1 aromatic rings. The van der Waals surface area contributed by atoms with Gasteiger partial charge in [-0.25, -0.2) is 0 Å². The van der Waals surface area contributed by atoms with E-state index in [0.717, 1.165) is 12.0 Å². The molecule has 2 amide bonds. The molecule has 0 saturated heterocycles. The Bertz CT molecular complexity index is 500. The van der Waals surface area contributed by atoms with E-state index in [1.165, 1.54) is 0 Å². The molecule has 0 fully saturated rings. The van der Waals surface area contributed by atoms with Crippen LogP contribution in [0.15, 0.2) is 18.2 Å². The third-order valence-electron chi connectivity index (χ3n) is 3.62. The molecule has 0 saturated carbocycles. The van der Waals surface area contributed by atoms with Gasteiger partial charge in [-0.15, -0.1) is 0 Å². The highest BCUT2D eigenvalue weighted by Crippen LogP contribution is 2.19. The molecule has 0 spiro atoms. The summed E-state index contributed by atoms with van der Waals surface area (Å²) in [5.41, 5.74) is 7.80. The first-order valence-electron chi connectivity index (χ1n) is 6.80. The van der Waals surface area contributed by atoms with Gasteiger partial charge in [0.2, 0.25) is 5.91 Å². The van der Waals surface area contributed by atoms with Crippen molar-refractivity contribution in [3.8, 4) is 0 Å². The summed E-state index contributed by atoms with van der Waals surface area (Å²) in [5.74, 6) is -0.293. The summed E-state index contributed by atoms with van der Waals surface area (Å²) in [6.07, 6.45) is 0.839. The van der Waals surface area contributed by atoms with Crippen LogP contribution in [0.3, 0.4) is 0 Å². The molecule has 0 heterocycles. The van der Waals surface area contributed by atoms with E-state index >= 15 is 0 Å². The number of hydrogen-bond acceptors (Lipinski definition) is 3. The quantitative estimate of drug-likeness (QED) is 0.765. The molecule has 2 unspecified atom stereocenters. The smallest absolute Gasteiger partial charge is 0.251 e. The number of anilines is 1. The lowest BCUT2D eigenvalue weighted by molar-refractivity contribution is -0.118. The molecule has 20 heavy (non-hydrogen) atoms. The van der Waals surface area contributed by atoms with E-state index < -0.39 is 6.04 Å². The van der Waals surface area contributed by atoms with Gasteiger partial charge >= 0.3 is 0 Å². The summed E-state index contributed by atoms with van der Waals surface area (Å²) in [7, 11) is 1.58. The Hall–Kier alpha value is -1.88. The first-order chi connectivity index (χ1) is 9.42. The Morgan fingerprint density at radius 3 is 2.55 bits per heavy atom. The van der Waals surface area contributed by atoms with E-state index in [1.54, 1.807) is 32.2 Å². The van der Waals surface area contributed by atoms with Crippen molar-refractivity contribution < 1.29 is 9.59 Å². The topological polar surface area (TPSA) is 84.2 Å². The van der Waals surface area contributed by atoms with E-state index in [0.29, 0.717) is 11.3 Å². The van der Waals surface area contributed by atoms with Crippen LogP contribution in [0.2, 0.25) is 0 Å². The fourth-order valence-electron chi connectivity index (χ4n) is 1.88. The standard InChI is InChI=1S/C15H23N3O2/c1-5-9(2)13(16)15(20)18-12-8-6-7-11(10(12)3)14(19)17-4/h6-9,13H,5,16H2,1-4H3,(H,17,19)(H,18,20). The number of amides is 2. The highest BCUT2D eigenvalue weighted by Gasteiger charge is 2.20. The normalized spacial score (nSPS) is 13.4. The Morgan fingerprint density at radius 1 is 1.35 bits per heavy atom. The van der Waals surface area contributed by atoms with Crippen molar-refractivity contribution in [1.82, 2.24) is 5.32 Å². The van der Waals surface area contributed by atoms with E-state index in [-0.39, 0.29) is 17.7 Å². The minimum atomic E-state index is -0.553. The van der Waals surface area contributed by atoms with Crippen molar-refractivity contribution >= 4 is 17.5 Å². The SMILES string of the molecule is CCC(C)C(N)C(=O)Nc1cccc(C(=O)NC)c1C. The average Bonchev–Trinajstić information content (AvgIpc) is 2.46. The lowest BCUT2D eigenvalue weighted by Crippen LogP contribution is -2.40. The molecule has 0 aromatic heterocycles. The number of benzene rings is 1. The lowest BCUT2D eigenvalue weighted by atomic mass is 9.99. The highest BCUT2D eigenvalue weighted by atomic mass is 16.2. The van der Waals surface area contributed by atoms with Gasteiger partial charge in [0.05, 0.1) is 6.04 Å². The molecule has 4 N–H and O–H groups in total. The second kappa shape index (κ2) is 7.05. The first kappa shape index (κ1) is 16.2. The zero-order valence-electron chi connectivity index (χ0n) is 12.5. The third-order valence-corrected chi connectivity index (χ3v) is 3.62. The number of hydrogen-bond donors (Lipinski definition) is 3. The van der Waals surface area contributed by atoms with Crippen LogP contribution in [0.1, 0.15) is 36.2 Å². The number of carbonyl (C=O) groups excluding carboxylic acids is 2. The fraction of sp³-hybridized carbons (Fsp3) is 0.467. The van der Waals surface area contributed by atoms with E-state index in [9.17, 15) is 9.59 Å². The van der Waals surface area contributed by atoms with Crippen molar-refractivity contribution in [1.29, 1.82) is 0 Å². The average molecular weight is 277 g/mol. The highest BCUT2D eigenvalue weighted by molar-refractivity contribution is 6.00. The summed E-state index contributed by atoms with van der Waals surface area (Å²) in [5, 5.41) is 5.38. The van der Waals surface area contributed by atoms with Crippen LogP contribution < -0.4 is 16.4 Å². The van der Waals surface area contributed by atoms with Crippen LogP contribution in [0, 0.1) is 12.8 Å². The Balaban J connectivity index is 2.94. The Labute approximate surface area is 119 Å². The summed E-state index contributed by atoms with van der Waals surface area (Å²) >= 11 is 0. The van der Waals surface area contributed by atoms with Crippen molar-refractivity contribution in [3.63, 3.8) is 0 Å². The number of carbonyl (C=O) groups is 2. The van der Waals surface area contributed by atoms with Gasteiger partial charge in [0.1, 0.15) is 0 Å². The maximum Gasteiger partial charge on any atom is 0.251 e. The molecule has 2 atom stereocenters. The molecule has 0 aliphatic carbocycles. The second-order valence-corrected chi connectivity index (χ2v) is 4.96. The first-order valence-corrected chi connectivity index (χ1v) is 6.80. The van der Waals surface area contributed by atoms with Crippen LogP contribution in [0.5, 0.6) is 0 Å².